The molecule has 0 amide bonds. The Morgan fingerprint density at radius 1 is 0.191 bits per heavy atom. The highest BCUT2D eigenvalue weighted by Crippen LogP contribution is 2.56. The molecule has 0 spiro atoms. The van der Waals surface area contributed by atoms with Crippen LogP contribution in [0.5, 0.6) is 0 Å². The van der Waals surface area contributed by atoms with Crippen LogP contribution in [0.1, 0.15) is 473 Å². The lowest BCUT2D eigenvalue weighted by Crippen LogP contribution is -2.44. The van der Waals surface area contributed by atoms with Gasteiger partial charge >= 0.3 is 0 Å². The van der Waals surface area contributed by atoms with Gasteiger partial charge in [-0.15, -0.1) is 0 Å². The summed E-state index contributed by atoms with van der Waals surface area (Å²) in [6, 6.07) is 0. The monoisotopic (exact) mass is 1360 g/mol. The zero-order valence-electron chi connectivity index (χ0n) is 62.6. The summed E-state index contributed by atoms with van der Waals surface area (Å²) in [5, 5.41) is 0. The van der Waals surface area contributed by atoms with E-state index in [-0.39, 0.29) is 0 Å². The van der Waals surface area contributed by atoms with Gasteiger partial charge in [0.15, 0.2) is 0 Å². The quantitative estimate of drug-likeness (QED) is 0.0600. The van der Waals surface area contributed by atoms with E-state index in [2.05, 4.69) is 83.1 Å². The third-order valence-electron chi connectivity index (χ3n) is 21.0. The van der Waals surface area contributed by atoms with Crippen molar-refractivity contribution in [1.82, 2.24) is 0 Å². The van der Waals surface area contributed by atoms with Crippen molar-refractivity contribution in [3.63, 3.8) is 0 Å². The summed E-state index contributed by atoms with van der Waals surface area (Å²) in [6.45, 7) is 29.1. The van der Waals surface area contributed by atoms with Crippen molar-refractivity contribution in [2.24, 2.45) is 0 Å². The SMILES string of the molecule is CCCCCCc1c(Br)c(C(CCCCCC)(CCCCCC)OC(CCCCCC)(CCCCCC)c2c(Br)c(CCCCCC)c(CCCCCC)c(CCCCCC)c2CCCCCC)c(CCCCCC)c(CCCCCC)c1CCCCCC. The molecule has 520 valence electrons. The molecule has 2 aromatic rings. The zero-order chi connectivity index (χ0) is 65.1. The number of hydrogen-bond acceptors (Lipinski definition) is 1. The molecule has 0 aliphatic rings. The van der Waals surface area contributed by atoms with Crippen molar-refractivity contribution in [2.75, 3.05) is 0 Å². The van der Waals surface area contributed by atoms with Gasteiger partial charge in [-0.2, -0.15) is 0 Å². The number of halogens is 2. The van der Waals surface area contributed by atoms with Crippen molar-refractivity contribution >= 4 is 31.9 Å². The number of ether oxygens (including phenoxy) is 1. The second-order valence-electron chi connectivity index (χ2n) is 29.0. The van der Waals surface area contributed by atoms with Crippen LogP contribution < -0.4 is 0 Å². The molecular formula is C86H156Br2O. The maximum Gasteiger partial charge on any atom is 0.0957 e. The Morgan fingerprint density at radius 2 is 0.348 bits per heavy atom. The molecule has 0 aromatic heterocycles. The first-order valence-electron chi connectivity index (χ1n) is 41.0. The Bertz CT molecular complexity index is 1810. The predicted octanol–water partition coefficient (Wildman–Crippen LogP) is 31.2. The van der Waals surface area contributed by atoms with E-state index in [1.807, 2.05) is 11.1 Å². The normalized spacial score (nSPS) is 12.2. The summed E-state index contributed by atoms with van der Waals surface area (Å²) >= 11 is 9.91. The lowest BCUT2D eigenvalue weighted by molar-refractivity contribution is -0.188. The minimum absolute atomic E-state index is 0.423. The molecule has 0 fully saturated rings. The van der Waals surface area contributed by atoms with Crippen molar-refractivity contribution < 1.29 is 4.74 Å². The molecule has 3 heteroatoms. The van der Waals surface area contributed by atoms with E-state index in [1.54, 1.807) is 44.5 Å². The van der Waals surface area contributed by atoms with Gasteiger partial charge in [-0.3, -0.25) is 0 Å². The highest BCUT2D eigenvalue weighted by molar-refractivity contribution is 9.11. The molecule has 0 saturated heterocycles. The van der Waals surface area contributed by atoms with Crippen LogP contribution in [0, 0.1) is 0 Å². The third-order valence-corrected chi connectivity index (χ3v) is 22.8. The van der Waals surface area contributed by atoms with Crippen molar-refractivity contribution in [3.8, 4) is 0 Å². The fourth-order valence-corrected chi connectivity index (χ4v) is 17.8. The average Bonchev–Trinajstić information content (AvgIpc) is 0.761. The van der Waals surface area contributed by atoms with Gasteiger partial charge in [0.05, 0.1) is 11.2 Å². The summed E-state index contributed by atoms with van der Waals surface area (Å²) in [6.07, 6.45) is 77.0. The molecule has 0 bridgehead atoms. The molecule has 89 heavy (non-hydrogen) atoms. The summed E-state index contributed by atoms with van der Waals surface area (Å²) < 4.78 is 12.7. The van der Waals surface area contributed by atoms with Crippen LogP contribution in [-0.2, 0) is 67.3 Å². The first-order chi connectivity index (χ1) is 43.6. The van der Waals surface area contributed by atoms with Crippen LogP contribution in [0.25, 0.3) is 0 Å². The molecule has 0 aliphatic carbocycles. The van der Waals surface area contributed by atoms with Gasteiger partial charge in [-0.25, -0.2) is 0 Å². The first-order valence-corrected chi connectivity index (χ1v) is 42.6. The van der Waals surface area contributed by atoms with E-state index < -0.39 is 11.2 Å². The molecule has 0 unspecified atom stereocenters. The molecule has 0 N–H and O–H groups in total. The molecule has 0 radical (unpaired) electrons. The van der Waals surface area contributed by atoms with Gasteiger partial charge in [0.25, 0.3) is 0 Å². The fourth-order valence-electron chi connectivity index (χ4n) is 15.7. The zero-order valence-corrected chi connectivity index (χ0v) is 65.8. The van der Waals surface area contributed by atoms with E-state index >= 15 is 0 Å². The Kier molecular flexibility index (Phi) is 52.7. The molecule has 0 aliphatic heterocycles. The van der Waals surface area contributed by atoms with Crippen LogP contribution in [0.15, 0.2) is 8.95 Å². The van der Waals surface area contributed by atoms with Crippen molar-refractivity contribution in [3.05, 3.63) is 64.6 Å². The Labute approximate surface area is 576 Å². The van der Waals surface area contributed by atoms with Gasteiger partial charge in [-0.1, -0.05) is 372 Å². The van der Waals surface area contributed by atoms with Crippen LogP contribution in [0.3, 0.4) is 0 Å². The van der Waals surface area contributed by atoms with Crippen molar-refractivity contribution in [1.29, 1.82) is 0 Å². The highest BCUT2D eigenvalue weighted by atomic mass is 79.9. The van der Waals surface area contributed by atoms with Gasteiger partial charge in [0, 0.05) is 20.1 Å². The highest BCUT2D eigenvalue weighted by Gasteiger charge is 2.48. The van der Waals surface area contributed by atoms with Crippen LogP contribution in [0.4, 0.5) is 0 Å². The van der Waals surface area contributed by atoms with Gasteiger partial charge in [0.2, 0.25) is 0 Å². The standard InChI is InChI=1S/C86H156Br2O/c1-13-25-37-49-61-73-75(63-51-39-27-15-3)79(67-55-43-31-19-7)83(87)81(77(73)65-53-41-29-17-5)85(69-57-45-33-21-9,70-58-46-34-22-10)89-86(71-59-47-35-23-11,72-60-48-36-24-12)82-78(66-54-42-30-18-6)74(62-50-38-26-14-2)76(64-52-40-28-16-4)80(84(82)88)68-56-44-32-20-8/h13-72H2,1-12H3. The summed E-state index contributed by atoms with van der Waals surface area (Å²) in [5.74, 6) is 0. The topological polar surface area (TPSA) is 9.23 Å². The number of rotatable bonds is 64. The van der Waals surface area contributed by atoms with Gasteiger partial charge < -0.3 is 4.74 Å². The number of unbranched alkanes of at least 4 members (excludes halogenated alkanes) is 36. The fraction of sp³-hybridized carbons (Fsp3) is 0.860. The summed E-state index contributed by atoms with van der Waals surface area (Å²) in [4.78, 5) is 0. The Hall–Kier alpha value is -0.640. The first kappa shape index (κ1) is 84.4. The molecule has 2 rings (SSSR count). The second kappa shape index (κ2) is 55.5. The maximum absolute atomic E-state index is 9.65. The van der Waals surface area contributed by atoms with Gasteiger partial charge in [0.1, 0.15) is 0 Å². The number of benzene rings is 2. The maximum atomic E-state index is 9.65. The van der Waals surface area contributed by atoms with Crippen molar-refractivity contribution in [2.45, 2.75) is 480 Å². The van der Waals surface area contributed by atoms with Crippen LogP contribution in [-0.4, -0.2) is 0 Å². The van der Waals surface area contributed by atoms with E-state index in [9.17, 15) is 4.74 Å². The Morgan fingerprint density at radius 3 is 0.539 bits per heavy atom. The molecule has 2 aromatic carbocycles. The minimum atomic E-state index is -0.423. The predicted molar refractivity (Wildman–Crippen MR) is 411 cm³/mol. The molecule has 0 saturated carbocycles. The average molecular weight is 1370 g/mol. The van der Waals surface area contributed by atoms with Crippen LogP contribution >= 0.6 is 31.9 Å². The molecule has 0 atom stereocenters. The smallest absolute Gasteiger partial charge is 0.0957 e. The van der Waals surface area contributed by atoms with E-state index in [0.29, 0.717) is 0 Å². The molecule has 1 nitrogen and oxygen atoms in total. The van der Waals surface area contributed by atoms with E-state index in [4.69, 9.17) is 31.9 Å². The lowest BCUT2D eigenvalue weighted by Gasteiger charge is -2.49. The summed E-state index contributed by atoms with van der Waals surface area (Å²) in [7, 11) is 0. The lowest BCUT2D eigenvalue weighted by atomic mass is 9.71. The number of hydrogen-bond donors (Lipinski definition) is 0. The van der Waals surface area contributed by atoms with Gasteiger partial charge in [-0.05, 0) is 173 Å². The largest absolute Gasteiger partial charge is 0.359 e. The third kappa shape index (κ3) is 31.9. The van der Waals surface area contributed by atoms with E-state index in [1.165, 1.54) is 369 Å². The molecular weight excluding hydrogens is 1210 g/mol. The Balaban J connectivity index is 3.86. The van der Waals surface area contributed by atoms with Crippen LogP contribution in [0.2, 0.25) is 0 Å². The molecule has 0 heterocycles. The minimum Gasteiger partial charge on any atom is -0.359 e. The van der Waals surface area contributed by atoms with E-state index in [0.717, 1.165) is 25.7 Å². The summed E-state index contributed by atoms with van der Waals surface area (Å²) in [5.41, 5.74) is 16.7. The second-order valence-corrected chi connectivity index (χ2v) is 30.6.